The van der Waals surface area contributed by atoms with E-state index in [1.54, 1.807) is 19.1 Å². The molecule has 0 saturated carbocycles. The fourth-order valence-corrected chi connectivity index (χ4v) is 4.26. The molecule has 1 aliphatic heterocycles. The van der Waals surface area contributed by atoms with Crippen molar-refractivity contribution in [3.63, 3.8) is 0 Å². The van der Waals surface area contributed by atoms with E-state index < -0.39 is 12.0 Å². The maximum Gasteiger partial charge on any atom is 0.338 e. The van der Waals surface area contributed by atoms with Crippen LogP contribution < -0.4 is 5.32 Å². The predicted molar refractivity (Wildman–Crippen MR) is 123 cm³/mol. The van der Waals surface area contributed by atoms with Crippen molar-refractivity contribution in [2.75, 3.05) is 11.9 Å². The monoisotopic (exact) mass is 427 g/mol. The van der Waals surface area contributed by atoms with Crippen molar-refractivity contribution < 1.29 is 13.9 Å². The quantitative estimate of drug-likeness (QED) is 0.439. The third kappa shape index (κ3) is 3.34. The van der Waals surface area contributed by atoms with Crippen molar-refractivity contribution in [2.45, 2.75) is 19.9 Å². The highest BCUT2D eigenvalue weighted by atomic mass is 19.1. The van der Waals surface area contributed by atoms with Gasteiger partial charge in [0, 0.05) is 0 Å². The van der Waals surface area contributed by atoms with E-state index in [9.17, 15) is 9.18 Å². The van der Waals surface area contributed by atoms with Gasteiger partial charge in [-0.25, -0.2) is 14.2 Å². The molecule has 0 radical (unpaired) electrons. The summed E-state index contributed by atoms with van der Waals surface area (Å²) in [5.41, 5.74) is 5.46. The maximum atomic E-state index is 13.7. The van der Waals surface area contributed by atoms with E-state index >= 15 is 0 Å². The molecule has 0 aliphatic carbocycles. The number of aromatic nitrogens is 2. The van der Waals surface area contributed by atoms with Crippen molar-refractivity contribution in [2.24, 2.45) is 0 Å². The Morgan fingerprint density at radius 1 is 1.09 bits per heavy atom. The molecule has 0 amide bonds. The summed E-state index contributed by atoms with van der Waals surface area (Å²) in [7, 11) is 0. The first-order valence-corrected chi connectivity index (χ1v) is 10.5. The summed E-state index contributed by atoms with van der Waals surface area (Å²) in [6, 6.07) is 21.5. The number of para-hydroxylation sites is 2. The Morgan fingerprint density at radius 3 is 2.62 bits per heavy atom. The third-order valence-electron chi connectivity index (χ3n) is 5.62. The molecule has 3 aromatic carbocycles. The van der Waals surface area contributed by atoms with Gasteiger partial charge in [-0.1, -0.05) is 42.0 Å². The van der Waals surface area contributed by atoms with E-state index in [0.717, 1.165) is 22.2 Å². The van der Waals surface area contributed by atoms with E-state index in [-0.39, 0.29) is 12.4 Å². The number of imidazole rings is 1. The van der Waals surface area contributed by atoms with Gasteiger partial charge in [-0.2, -0.15) is 0 Å². The number of fused-ring (bicyclic) bond motifs is 3. The average Bonchev–Trinajstić information content (AvgIpc) is 3.17. The zero-order chi connectivity index (χ0) is 22.2. The topological polar surface area (TPSA) is 56.1 Å². The Labute approximate surface area is 185 Å². The van der Waals surface area contributed by atoms with Crippen LogP contribution in [0.5, 0.6) is 0 Å². The summed E-state index contributed by atoms with van der Waals surface area (Å²) < 4.78 is 21.2. The van der Waals surface area contributed by atoms with Gasteiger partial charge in [0.1, 0.15) is 5.82 Å². The average molecular weight is 427 g/mol. The van der Waals surface area contributed by atoms with Crippen LogP contribution in [0.3, 0.4) is 0 Å². The first kappa shape index (κ1) is 20.0. The number of halogens is 1. The number of carbonyl (C=O) groups excluding carboxylic acids is 1. The molecule has 5 rings (SSSR count). The molecule has 32 heavy (non-hydrogen) atoms. The number of aryl methyl sites for hydroxylation is 1. The Bertz CT molecular complexity index is 1360. The van der Waals surface area contributed by atoms with Crippen LogP contribution in [0.15, 0.2) is 78.4 Å². The van der Waals surface area contributed by atoms with Gasteiger partial charge < -0.3 is 10.1 Å². The minimum absolute atomic E-state index is 0.247. The molecule has 1 aliphatic rings. The lowest BCUT2D eigenvalue weighted by Crippen LogP contribution is -2.29. The molecule has 6 heteroatoms. The summed E-state index contributed by atoms with van der Waals surface area (Å²) in [5.74, 6) is -0.148. The lowest BCUT2D eigenvalue weighted by atomic mass is 9.91. The first-order valence-electron chi connectivity index (χ1n) is 10.5. The molecule has 4 aromatic rings. The fourth-order valence-electron chi connectivity index (χ4n) is 4.26. The zero-order valence-electron chi connectivity index (χ0n) is 17.8. The van der Waals surface area contributed by atoms with Crippen molar-refractivity contribution >= 4 is 28.6 Å². The van der Waals surface area contributed by atoms with E-state index in [1.165, 1.54) is 12.1 Å². The SMILES string of the molecule is CCOC(=O)C1=C(c2ccc(F)cc2)Nc2nc3ccccc3n2C1c1cccc(C)c1. The largest absolute Gasteiger partial charge is 0.463 e. The molecule has 2 heterocycles. The number of rotatable bonds is 4. The van der Waals surface area contributed by atoms with Crippen LogP contribution in [-0.4, -0.2) is 22.1 Å². The molecule has 1 atom stereocenters. The summed E-state index contributed by atoms with van der Waals surface area (Å²) in [6.45, 7) is 4.05. The summed E-state index contributed by atoms with van der Waals surface area (Å²) in [6.07, 6.45) is 0. The third-order valence-corrected chi connectivity index (χ3v) is 5.62. The second kappa shape index (κ2) is 7.96. The molecule has 1 unspecified atom stereocenters. The molecule has 0 saturated heterocycles. The molecule has 0 spiro atoms. The molecule has 0 bridgehead atoms. The van der Waals surface area contributed by atoms with Crippen molar-refractivity contribution in [3.05, 3.63) is 101 Å². The van der Waals surface area contributed by atoms with Crippen LogP contribution in [0.2, 0.25) is 0 Å². The zero-order valence-corrected chi connectivity index (χ0v) is 17.8. The summed E-state index contributed by atoms with van der Waals surface area (Å²) >= 11 is 0. The first-order chi connectivity index (χ1) is 15.6. The highest BCUT2D eigenvalue weighted by Crippen LogP contribution is 2.42. The fraction of sp³-hybridized carbons (Fsp3) is 0.154. The second-order valence-corrected chi connectivity index (χ2v) is 7.75. The number of anilines is 1. The number of esters is 1. The molecular formula is C26H22FN3O2. The van der Waals surface area contributed by atoms with E-state index in [4.69, 9.17) is 9.72 Å². The van der Waals surface area contributed by atoms with Crippen molar-refractivity contribution in [3.8, 4) is 0 Å². The Balaban J connectivity index is 1.83. The van der Waals surface area contributed by atoms with Gasteiger partial charge in [-0.05, 0) is 61.4 Å². The van der Waals surface area contributed by atoms with Crippen LogP contribution in [0.25, 0.3) is 16.7 Å². The van der Waals surface area contributed by atoms with Crippen molar-refractivity contribution in [1.82, 2.24) is 9.55 Å². The highest BCUT2D eigenvalue weighted by Gasteiger charge is 2.36. The second-order valence-electron chi connectivity index (χ2n) is 7.75. The number of nitrogens with one attached hydrogen (secondary N) is 1. The summed E-state index contributed by atoms with van der Waals surface area (Å²) in [4.78, 5) is 18.1. The van der Waals surface area contributed by atoms with Gasteiger partial charge in [0.25, 0.3) is 0 Å². The van der Waals surface area contributed by atoms with Gasteiger partial charge >= 0.3 is 5.97 Å². The molecule has 1 N–H and O–H groups in total. The maximum absolute atomic E-state index is 13.7. The number of carbonyl (C=O) groups is 1. The van der Waals surface area contributed by atoms with Gasteiger partial charge in [-0.3, -0.25) is 4.57 Å². The lowest BCUT2D eigenvalue weighted by Gasteiger charge is -2.31. The van der Waals surface area contributed by atoms with Gasteiger partial charge in [0.15, 0.2) is 0 Å². The van der Waals surface area contributed by atoms with Crippen LogP contribution in [0.1, 0.15) is 29.7 Å². The van der Waals surface area contributed by atoms with E-state index in [0.29, 0.717) is 22.8 Å². The Hall–Kier alpha value is -3.93. The van der Waals surface area contributed by atoms with Crippen molar-refractivity contribution in [1.29, 1.82) is 0 Å². The van der Waals surface area contributed by atoms with Crippen LogP contribution >= 0.6 is 0 Å². The van der Waals surface area contributed by atoms with Crippen LogP contribution in [0, 0.1) is 12.7 Å². The number of hydrogen-bond donors (Lipinski definition) is 1. The molecular weight excluding hydrogens is 405 g/mol. The number of hydrogen-bond acceptors (Lipinski definition) is 4. The molecule has 0 fully saturated rings. The van der Waals surface area contributed by atoms with E-state index in [1.807, 2.05) is 54.0 Å². The predicted octanol–water partition coefficient (Wildman–Crippen LogP) is 5.47. The Morgan fingerprint density at radius 2 is 1.88 bits per heavy atom. The number of benzene rings is 3. The minimum Gasteiger partial charge on any atom is -0.463 e. The van der Waals surface area contributed by atoms with Gasteiger partial charge in [0.2, 0.25) is 5.95 Å². The minimum atomic E-state index is -0.461. The van der Waals surface area contributed by atoms with Gasteiger partial charge in [-0.15, -0.1) is 0 Å². The van der Waals surface area contributed by atoms with Crippen LogP contribution in [0.4, 0.5) is 10.3 Å². The van der Waals surface area contributed by atoms with Crippen LogP contribution in [-0.2, 0) is 9.53 Å². The molecule has 160 valence electrons. The number of nitrogens with zero attached hydrogens (tertiary/aromatic N) is 2. The lowest BCUT2D eigenvalue weighted by molar-refractivity contribution is -0.138. The molecule has 5 nitrogen and oxygen atoms in total. The standard InChI is InChI=1S/C26H22FN3O2/c1-3-32-25(31)22-23(17-11-13-19(27)14-12-17)29-26-28-20-9-4-5-10-21(20)30(26)24(22)18-8-6-7-16(2)15-18/h4-15,24H,3H2,1-2H3,(H,28,29). The van der Waals surface area contributed by atoms with Gasteiger partial charge in [0.05, 0.1) is 35.0 Å². The number of ether oxygens (including phenoxy) is 1. The Kier molecular flexibility index (Phi) is 4.98. The smallest absolute Gasteiger partial charge is 0.338 e. The summed E-state index contributed by atoms with van der Waals surface area (Å²) in [5, 5.41) is 3.33. The van der Waals surface area contributed by atoms with E-state index in [2.05, 4.69) is 11.4 Å². The highest BCUT2D eigenvalue weighted by molar-refractivity contribution is 6.03. The molecule has 1 aromatic heterocycles. The normalized spacial score (nSPS) is 15.4.